The Labute approximate surface area is 169 Å². The predicted octanol–water partition coefficient (Wildman–Crippen LogP) is 2.11. The first-order chi connectivity index (χ1) is 14.1. The number of nitrogens with two attached hydrogens (primary N) is 1. The van der Waals surface area contributed by atoms with Gasteiger partial charge in [0.05, 0.1) is 12.8 Å². The molecule has 1 saturated carbocycles. The summed E-state index contributed by atoms with van der Waals surface area (Å²) in [7, 11) is 1.64. The molecule has 9 heteroatoms. The lowest BCUT2D eigenvalue weighted by Gasteiger charge is -2.24. The van der Waals surface area contributed by atoms with Gasteiger partial charge in [0.1, 0.15) is 5.75 Å². The van der Waals surface area contributed by atoms with E-state index in [2.05, 4.69) is 31.1 Å². The molecule has 0 radical (unpaired) electrons. The third-order valence-electron chi connectivity index (χ3n) is 5.52. The monoisotopic (exact) mass is 397 g/mol. The summed E-state index contributed by atoms with van der Waals surface area (Å²) in [4.78, 5) is 16.3. The first kappa shape index (κ1) is 19.4. The van der Waals surface area contributed by atoms with Crippen LogP contribution in [0.2, 0.25) is 0 Å². The van der Waals surface area contributed by atoms with E-state index >= 15 is 0 Å². The van der Waals surface area contributed by atoms with E-state index in [9.17, 15) is 4.79 Å². The highest BCUT2D eigenvalue weighted by molar-refractivity contribution is 5.95. The van der Waals surface area contributed by atoms with Gasteiger partial charge in [-0.2, -0.15) is 4.98 Å². The third kappa shape index (κ3) is 4.40. The van der Waals surface area contributed by atoms with Crippen LogP contribution in [0.5, 0.6) is 5.75 Å². The van der Waals surface area contributed by atoms with Crippen LogP contribution in [0.15, 0.2) is 12.1 Å². The summed E-state index contributed by atoms with van der Waals surface area (Å²) in [6.07, 6.45) is 6.60. The first-order valence-corrected chi connectivity index (χ1v) is 10.1. The molecule has 0 bridgehead atoms. The van der Waals surface area contributed by atoms with Crippen LogP contribution in [-0.4, -0.2) is 40.8 Å². The Morgan fingerprint density at radius 2 is 2.03 bits per heavy atom. The molecule has 1 aliphatic carbocycles. The second-order valence-corrected chi connectivity index (χ2v) is 7.55. The molecular formula is C20H27N7O2. The summed E-state index contributed by atoms with van der Waals surface area (Å²) in [5, 5.41) is 18.0. The Morgan fingerprint density at radius 3 is 2.79 bits per heavy atom. The molecule has 0 saturated heterocycles. The number of fused-ring (bicyclic) bond motifs is 1. The molecule has 1 aromatic carbocycles. The van der Waals surface area contributed by atoms with Crippen LogP contribution in [-0.2, 0) is 13.0 Å². The zero-order valence-electron chi connectivity index (χ0n) is 16.6. The fourth-order valence-electron chi connectivity index (χ4n) is 3.98. The Balaban J connectivity index is 1.61. The number of amides is 1. The molecule has 0 atom stereocenters. The Bertz CT molecular complexity index is 897. The van der Waals surface area contributed by atoms with Gasteiger partial charge in [0.2, 0.25) is 5.95 Å². The average molecular weight is 397 g/mol. The molecule has 1 amide bonds. The number of ether oxygens (including phenoxy) is 1. The van der Waals surface area contributed by atoms with Crippen molar-refractivity contribution >= 4 is 23.4 Å². The van der Waals surface area contributed by atoms with Crippen LogP contribution in [0, 0.1) is 0 Å². The normalized spacial score (nSPS) is 16.7. The van der Waals surface area contributed by atoms with E-state index < -0.39 is 5.91 Å². The van der Waals surface area contributed by atoms with Crippen LogP contribution < -0.4 is 26.4 Å². The van der Waals surface area contributed by atoms with Crippen molar-refractivity contribution in [2.45, 2.75) is 51.1 Å². The first-order valence-electron chi connectivity index (χ1n) is 10.1. The van der Waals surface area contributed by atoms with E-state index in [0.29, 0.717) is 5.82 Å². The lowest BCUT2D eigenvalue weighted by atomic mass is 9.95. The maximum Gasteiger partial charge on any atom is 0.273 e. The van der Waals surface area contributed by atoms with Crippen LogP contribution >= 0.6 is 0 Å². The number of hydrogen-bond acceptors (Lipinski definition) is 8. The molecule has 1 aliphatic heterocycles. The Morgan fingerprint density at radius 1 is 1.21 bits per heavy atom. The summed E-state index contributed by atoms with van der Waals surface area (Å²) < 4.78 is 5.55. The van der Waals surface area contributed by atoms with Gasteiger partial charge in [-0.05, 0) is 49.1 Å². The summed E-state index contributed by atoms with van der Waals surface area (Å²) in [5.74, 6) is 0.734. The van der Waals surface area contributed by atoms with Crippen LogP contribution in [0.1, 0.15) is 53.7 Å². The molecule has 5 N–H and O–H groups in total. The maximum atomic E-state index is 11.8. The van der Waals surface area contributed by atoms with Crippen LogP contribution in [0.3, 0.4) is 0 Å². The highest BCUT2D eigenvalue weighted by Crippen LogP contribution is 2.32. The summed E-state index contributed by atoms with van der Waals surface area (Å²) in [6, 6.07) is 4.35. The SMILES string of the molecule is COc1cc2c(cc1Nc1nnc(C(N)=O)c(NC3CCCCC3)n1)CNCC2. The van der Waals surface area contributed by atoms with Gasteiger partial charge in [-0.25, -0.2) is 0 Å². The number of rotatable bonds is 6. The zero-order valence-corrected chi connectivity index (χ0v) is 16.6. The van der Waals surface area contributed by atoms with Crippen molar-refractivity contribution in [3.63, 3.8) is 0 Å². The molecule has 0 unspecified atom stereocenters. The van der Waals surface area contributed by atoms with E-state index in [1.54, 1.807) is 7.11 Å². The van der Waals surface area contributed by atoms with Crippen molar-refractivity contribution in [1.82, 2.24) is 20.5 Å². The van der Waals surface area contributed by atoms with Crippen molar-refractivity contribution in [2.24, 2.45) is 5.73 Å². The number of hydrogen-bond donors (Lipinski definition) is 4. The molecule has 29 heavy (non-hydrogen) atoms. The van der Waals surface area contributed by atoms with Gasteiger partial charge >= 0.3 is 0 Å². The zero-order chi connectivity index (χ0) is 20.2. The molecule has 0 spiro atoms. The maximum absolute atomic E-state index is 11.8. The minimum Gasteiger partial charge on any atom is -0.495 e. The molecule has 1 fully saturated rings. The number of carbonyl (C=O) groups excluding carboxylic acids is 1. The van der Waals surface area contributed by atoms with Gasteiger partial charge in [-0.15, -0.1) is 10.2 Å². The molecule has 2 aromatic rings. The number of nitrogens with zero attached hydrogens (tertiary/aromatic N) is 3. The highest BCUT2D eigenvalue weighted by atomic mass is 16.5. The number of nitrogens with one attached hydrogen (secondary N) is 3. The Kier molecular flexibility index (Phi) is 5.75. The number of primary amides is 1. The second-order valence-electron chi connectivity index (χ2n) is 7.55. The van der Waals surface area contributed by atoms with E-state index in [4.69, 9.17) is 10.5 Å². The smallest absolute Gasteiger partial charge is 0.273 e. The summed E-state index contributed by atoms with van der Waals surface area (Å²) in [6.45, 7) is 1.77. The second kappa shape index (κ2) is 8.60. The van der Waals surface area contributed by atoms with E-state index in [1.165, 1.54) is 17.5 Å². The lowest BCUT2D eigenvalue weighted by Crippen LogP contribution is -2.27. The molecule has 9 nitrogen and oxygen atoms in total. The standard InChI is InChI=1S/C20H27N7O2/c1-29-16-10-12-7-8-22-11-13(12)9-15(16)24-20-25-19(17(18(21)28)26-27-20)23-14-5-3-2-4-6-14/h9-10,14,22H,2-8,11H2,1H3,(H2,21,28)(H2,23,24,25,27). The van der Waals surface area contributed by atoms with Gasteiger partial charge in [-0.1, -0.05) is 19.3 Å². The largest absolute Gasteiger partial charge is 0.495 e. The van der Waals surface area contributed by atoms with Crippen molar-refractivity contribution in [3.8, 4) is 5.75 Å². The number of anilines is 3. The minimum absolute atomic E-state index is 0.0581. The highest BCUT2D eigenvalue weighted by Gasteiger charge is 2.21. The number of benzene rings is 1. The van der Waals surface area contributed by atoms with E-state index in [-0.39, 0.29) is 17.7 Å². The van der Waals surface area contributed by atoms with Crippen molar-refractivity contribution in [3.05, 3.63) is 29.0 Å². The van der Waals surface area contributed by atoms with Gasteiger partial charge < -0.3 is 26.4 Å². The van der Waals surface area contributed by atoms with Crippen LogP contribution in [0.25, 0.3) is 0 Å². The lowest BCUT2D eigenvalue weighted by molar-refractivity contribution is 0.0995. The van der Waals surface area contributed by atoms with Gasteiger partial charge in [0.25, 0.3) is 5.91 Å². The van der Waals surface area contributed by atoms with Gasteiger partial charge in [0, 0.05) is 12.6 Å². The number of methoxy groups -OCH3 is 1. The minimum atomic E-state index is -0.646. The van der Waals surface area contributed by atoms with Crippen LogP contribution in [0.4, 0.5) is 17.5 Å². The molecule has 2 heterocycles. The Hall–Kier alpha value is -2.94. The van der Waals surface area contributed by atoms with Crippen molar-refractivity contribution in [1.29, 1.82) is 0 Å². The predicted molar refractivity (Wildman–Crippen MR) is 111 cm³/mol. The summed E-state index contributed by atoms with van der Waals surface area (Å²) >= 11 is 0. The molecule has 1 aromatic heterocycles. The van der Waals surface area contributed by atoms with Crippen molar-refractivity contribution in [2.75, 3.05) is 24.3 Å². The third-order valence-corrected chi connectivity index (χ3v) is 5.52. The van der Waals surface area contributed by atoms with Crippen molar-refractivity contribution < 1.29 is 9.53 Å². The number of carbonyl (C=O) groups is 1. The fourth-order valence-corrected chi connectivity index (χ4v) is 3.98. The van der Waals surface area contributed by atoms with E-state index in [0.717, 1.165) is 56.6 Å². The molecular weight excluding hydrogens is 370 g/mol. The topological polar surface area (TPSA) is 127 Å². The quantitative estimate of drug-likeness (QED) is 0.584. The van der Waals surface area contributed by atoms with Gasteiger partial charge in [0.15, 0.2) is 11.5 Å². The van der Waals surface area contributed by atoms with E-state index in [1.807, 2.05) is 12.1 Å². The molecule has 154 valence electrons. The average Bonchev–Trinajstić information content (AvgIpc) is 2.74. The van der Waals surface area contributed by atoms with Gasteiger partial charge in [-0.3, -0.25) is 4.79 Å². The number of aromatic nitrogens is 3. The summed E-state index contributed by atoms with van der Waals surface area (Å²) in [5.41, 5.74) is 8.77. The molecule has 4 rings (SSSR count). The molecule has 2 aliphatic rings. The fraction of sp³-hybridized carbons (Fsp3) is 0.500.